The first-order chi connectivity index (χ1) is 12.0. The summed E-state index contributed by atoms with van der Waals surface area (Å²) in [4.78, 5) is 16.8. The number of anilines is 1. The van der Waals surface area contributed by atoms with Gasteiger partial charge >= 0.3 is 0 Å². The molecule has 134 valence electrons. The molecule has 1 saturated heterocycles. The largest absolute Gasteiger partial charge is 0.374 e. The van der Waals surface area contributed by atoms with E-state index in [1.165, 1.54) is 0 Å². The Morgan fingerprint density at radius 3 is 2.60 bits per heavy atom. The van der Waals surface area contributed by atoms with E-state index in [4.69, 9.17) is 5.73 Å². The summed E-state index contributed by atoms with van der Waals surface area (Å²) in [6, 6.07) is 9.72. The third-order valence-electron chi connectivity index (χ3n) is 4.36. The van der Waals surface area contributed by atoms with Crippen LogP contribution in [0.25, 0.3) is 0 Å². The maximum absolute atomic E-state index is 12.5. The van der Waals surface area contributed by atoms with E-state index in [0.29, 0.717) is 12.5 Å². The molecule has 3 N–H and O–H groups in total. The fraction of sp³-hybridized carbons (Fsp3) is 0.474. The smallest absolute Gasteiger partial charge is 0.267 e. The highest BCUT2D eigenvalue weighted by molar-refractivity contribution is 6.06. The molecule has 6 heteroatoms. The first-order valence-corrected chi connectivity index (χ1v) is 8.73. The van der Waals surface area contributed by atoms with E-state index in [2.05, 4.69) is 24.1 Å². The van der Waals surface area contributed by atoms with E-state index in [9.17, 15) is 10.1 Å². The summed E-state index contributed by atoms with van der Waals surface area (Å²) in [5.74, 6) is -0.0679. The summed E-state index contributed by atoms with van der Waals surface area (Å²) in [6.07, 6.45) is 1.67. The average Bonchev–Trinajstić information content (AvgIpc) is 2.61. The molecule has 2 rings (SSSR count). The molecule has 0 atom stereocenters. The zero-order valence-corrected chi connectivity index (χ0v) is 15.0. The minimum Gasteiger partial charge on any atom is -0.374 e. The first-order valence-electron chi connectivity index (χ1n) is 8.73. The zero-order valence-electron chi connectivity index (χ0n) is 15.0. The predicted octanol–water partition coefficient (Wildman–Crippen LogP) is 1.73. The number of benzene rings is 1. The van der Waals surface area contributed by atoms with Crippen molar-refractivity contribution < 1.29 is 4.79 Å². The number of carbonyl (C=O) groups is 1. The SMILES string of the molecule is CC(C)c1ccccc1NC(=O)/C(C#N)=C\N1CCN(CCN)CC1. The highest BCUT2D eigenvalue weighted by Crippen LogP contribution is 2.24. The first kappa shape index (κ1) is 19.0. The van der Waals surface area contributed by atoms with Gasteiger partial charge in [0.15, 0.2) is 0 Å². The molecule has 1 fully saturated rings. The minimum absolute atomic E-state index is 0.130. The molecule has 6 nitrogen and oxygen atoms in total. The third-order valence-corrected chi connectivity index (χ3v) is 4.36. The average molecular weight is 341 g/mol. The molecular weight excluding hydrogens is 314 g/mol. The minimum atomic E-state index is -0.361. The maximum Gasteiger partial charge on any atom is 0.267 e. The molecule has 1 aliphatic rings. The lowest BCUT2D eigenvalue weighted by atomic mass is 10.0. The number of para-hydroxylation sites is 1. The quantitative estimate of drug-likeness (QED) is 0.608. The van der Waals surface area contributed by atoms with Gasteiger partial charge in [-0.3, -0.25) is 9.69 Å². The molecule has 1 amide bonds. The molecule has 1 aromatic carbocycles. The molecule has 1 aromatic rings. The van der Waals surface area contributed by atoms with E-state index in [1.807, 2.05) is 35.2 Å². The molecule has 25 heavy (non-hydrogen) atoms. The molecule has 0 aliphatic carbocycles. The summed E-state index contributed by atoms with van der Waals surface area (Å²) in [6.45, 7) is 9.06. The van der Waals surface area contributed by atoms with Gasteiger partial charge in [-0.2, -0.15) is 5.26 Å². The van der Waals surface area contributed by atoms with Crippen LogP contribution in [0, 0.1) is 11.3 Å². The van der Waals surface area contributed by atoms with E-state index in [0.717, 1.165) is 44.0 Å². The molecule has 0 radical (unpaired) electrons. The van der Waals surface area contributed by atoms with Crippen molar-refractivity contribution in [3.8, 4) is 6.07 Å². The van der Waals surface area contributed by atoms with E-state index >= 15 is 0 Å². The van der Waals surface area contributed by atoms with Crippen molar-refractivity contribution in [2.45, 2.75) is 19.8 Å². The second-order valence-electron chi connectivity index (χ2n) is 6.52. The fourth-order valence-electron chi connectivity index (χ4n) is 2.92. The van der Waals surface area contributed by atoms with Crippen molar-refractivity contribution in [2.24, 2.45) is 5.73 Å². The number of piperazine rings is 1. The van der Waals surface area contributed by atoms with Crippen molar-refractivity contribution in [2.75, 3.05) is 44.6 Å². The van der Waals surface area contributed by atoms with Crippen molar-refractivity contribution in [1.82, 2.24) is 9.80 Å². The highest BCUT2D eigenvalue weighted by atomic mass is 16.1. The van der Waals surface area contributed by atoms with Gasteiger partial charge in [-0.25, -0.2) is 0 Å². The molecule has 0 bridgehead atoms. The summed E-state index contributed by atoms with van der Waals surface area (Å²) < 4.78 is 0. The van der Waals surface area contributed by atoms with E-state index in [-0.39, 0.29) is 11.5 Å². The van der Waals surface area contributed by atoms with Crippen molar-refractivity contribution in [1.29, 1.82) is 5.26 Å². The number of hydrogen-bond acceptors (Lipinski definition) is 5. The second-order valence-corrected chi connectivity index (χ2v) is 6.52. The molecule has 1 aliphatic heterocycles. The molecule has 1 heterocycles. The normalized spacial score (nSPS) is 16.0. The van der Waals surface area contributed by atoms with Gasteiger partial charge in [-0.15, -0.1) is 0 Å². The predicted molar refractivity (Wildman–Crippen MR) is 99.9 cm³/mol. The molecular formula is C19H27N5O. The lowest BCUT2D eigenvalue weighted by molar-refractivity contribution is -0.112. The van der Waals surface area contributed by atoms with Gasteiger partial charge in [0, 0.05) is 51.2 Å². The van der Waals surface area contributed by atoms with Crippen LogP contribution in [0.1, 0.15) is 25.3 Å². The van der Waals surface area contributed by atoms with Crippen LogP contribution < -0.4 is 11.1 Å². The van der Waals surface area contributed by atoms with Crippen molar-refractivity contribution >= 4 is 11.6 Å². The molecule has 0 spiro atoms. The van der Waals surface area contributed by atoms with Gasteiger partial charge in [0.25, 0.3) is 5.91 Å². The standard InChI is InChI=1S/C19H27N5O/c1-15(2)17-5-3-4-6-18(17)22-19(25)16(13-21)14-24-11-9-23(8-7-20)10-12-24/h3-6,14-15H,7-12,20H2,1-2H3,(H,22,25)/b16-14-. The van der Waals surface area contributed by atoms with Crippen molar-refractivity contribution in [3.63, 3.8) is 0 Å². The van der Waals surface area contributed by atoms with Crippen LogP contribution in [0.15, 0.2) is 36.0 Å². The fourth-order valence-corrected chi connectivity index (χ4v) is 2.92. The van der Waals surface area contributed by atoms with Crippen LogP contribution in [0.4, 0.5) is 5.69 Å². The number of nitrogens with zero attached hydrogens (tertiary/aromatic N) is 3. The van der Waals surface area contributed by atoms with Gasteiger partial charge in [0.1, 0.15) is 11.6 Å². The maximum atomic E-state index is 12.5. The van der Waals surface area contributed by atoms with E-state index < -0.39 is 0 Å². The topological polar surface area (TPSA) is 85.4 Å². The van der Waals surface area contributed by atoms with Gasteiger partial charge < -0.3 is 16.0 Å². The molecule has 0 saturated carbocycles. The monoisotopic (exact) mass is 341 g/mol. The molecule has 0 aromatic heterocycles. The van der Waals surface area contributed by atoms with Crippen molar-refractivity contribution in [3.05, 3.63) is 41.6 Å². The van der Waals surface area contributed by atoms with Crippen LogP contribution in [-0.4, -0.2) is 55.0 Å². The molecule has 0 unspecified atom stereocenters. The van der Waals surface area contributed by atoms with Gasteiger partial charge in [-0.05, 0) is 17.5 Å². The summed E-state index contributed by atoms with van der Waals surface area (Å²) >= 11 is 0. The Kier molecular flexibility index (Phi) is 6.99. The number of nitrogens with one attached hydrogen (secondary N) is 1. The van der Waals surface area contributed by atoms with Gasteiger partial charge in [0.05, 0.1) is 0 Å². The van der Waals surface area contributed by atoms with Crippen LogP contribution in [0.5, 0.6) is 0 Å². The third kappa shape index (κ3) is 5.31. The van der Waals surface area contributed by atoms with Crippen LogP contribution in [0.3, 0.4) is 0 Å². The lowest BCUT2D eigenvalue weighted by Crippen LogP contribution is -2.45. The Labute approximate surface area is 149 Å². The Balaban J connectivity index is 2.03. The number of amides is 1. The van der Waals surface area contributed by atoms with Gasteiger partial charge in [0.2, 0.25) is 0 Å². The zero-order chi connectivity index (χ0) is 18.2. The number of nitrogens with two attached hydrogens (primary N) is 1. The summed E-state index contributed by atoms with van der Waals surface area (Å²) in [5, 5.41) is 12.3. The summed E-state index contributed by atoms with van der Waals surface area (Å²) in [7, 11) is 0. The highest BCUT2D eigenvalue weighted by Gasteiger charge is 2.17. The number of carbonyl (C=O) groups excluding carboxylic acids is 1. The Hall–Kier alpha value is -2.36. The Morgan fingerprint density at radius 1 is 1.32 bits per heavy atom. The second kappa shape index (κ2) is 9.21. The van der Waals surface area contributed by atoms with Crippen LogP contribution in [-0.2, 0) is 4.79 Å². The Morgan fingerprint density at radius 2 is 2.00 bits per heavy atom. The number of hydrogen-bond donors (Lipinski definition) is 2. The van der Waals surface area contributed by atoms with E-state index in [1.54, 1.807) is 6.20 Å². The summed E-state index contributed by atoms with van der Waals surface area (Å²) in [5.41, 5.74) is 7.53. The van der Waals surface area contributed by atoms with Crippen LogP contribution in [0.2, 0.25) is 0 Å². The lowest BCUT2D eigenvalue weighted by Gasteiger charge is -2.33. The van der Waals surface area contributed by atoms with Gasteiger partial charge in [-0.1, -0.05) is 32.0 Å². The van der Waals surface area contributed by atoms with Crippen LogP contribution >= 0.6 is 0 Å². The number of rotatable bonds is 6. The number of nitriles is 1. The Bertz CT molecular complexity index is 654.